The van der Waals surface area contributed by atoms with Gasteiger partial charge in [0.2, 0.25) is 0 Å². The van der Waals surface area contributed by atoms with Gasteiger partial charge in [0.25, 0.3) is 5.91 Å². The Labute approximate surface area is 121 Å². The van der Waals surface area contributed by atoms with E-state index in [2.05, 4.69) is 10.3 Å². The van der Waals surface area contributed by atoms with Crippen molar-refractivity contribution in [3.8, 4) is 0 Å². The Hall–Kier alpha value is -2.14. The molecule has 0 aliphatic heterocycles. The van der Waals surface area contributed by atoms with E-state index in [1.165, 1.54) is 24.1 Å². The third kappa shape index (κ3) is 2.72. The van der Waals surface area contributed by atoms with Gasteiger partial charge >= 0.3 is 0 Å². The Bertz CT molecular complexity index is 648. The number of carbonyl (C=O) groups is 1. The molecule has 20 heavy (non-hydrogen) atoms. The molecule has 1 aromatic carbocycles. The van der Waals surface area contributed by atoms with Gasteiger partial charge in [0.15, 0.2) is 0 Å². The van der Waals surface area contributed by atoms with Crippen molar-refractivity contribution in [3.63, 3.8) is 0 Å². The van der Waals surface area contributed by atoms with Crippen molar-refractivity contribution in [2.75, 3.05) is 24.3 Å². The molecule has 1 amide bonds. The van der Waals surface area contributed by atoms with Crippen LogP contribution in [0.3, 0.4) is 0 Å². The minimum atomic E-state index is -0.482. The standard InChI is InChI=1S/C14H13ClFN3O/c1-17-12-8-7-9(15)13(18-12)14(20)19(2)11-6-4-3-5-10(11)16/h3-8H,1-2H3,(H,17,18). The molecule has 0 aliphatic rings. The van der Waals surface area contributed by atoms with Crippen LogP contribution in [0.15, 0.2) is 36.4 Å². The summed E-state index contributed by atoms with van der Waals surface area (Å²) in [5.41, 5.74) is 0.245. The van der Waals surface area contributed by atoms with Gasteiger partial charge in [0.05, 0.1) is 10.7 Å². The Kier molecular flexibility index (Phi) is 4.20. The second-order valence-corrected chi connectivity index (χ2v) is 4.50. The van der Waals surface area contributed by atoms with Gasteiger partial charge in [0.1, 0.15) is 17.3 Å². The number of rotatable bonds is 3. The number of halogens is 2. The van der Waals surface area contributed by atoms with Crippen LogP contribution in [0.1, 0.15) is 10.5 Å². The smallest absolute Gasteiger partial charge is 0.278 e. The maximum absolute atomic E-state index is 13.7. The molecule has 0 unspecified atom stereocenters. The quantitative estimate of drug-likeness (QED) is 0.945. The molecule has 0 fully saturated rings. The van der Waals surface area contributed by atoms with Crippen LogP contribution >= 0.6 is 11.6 Å². The van der Waals surface area contributed by atoms with Crippen molar-refractivity contribution in [3.05, 3.63) is 52.9 Å². The van der Waals surface area contributed by atoms with Crippen molar-refractivity contribution < 1.29 is 9.18 Å². The monoisotopic (exact) mass is 293 g/mol. The van der Waals surface area contributed by atoms with Gasteiger partial charge in [-0.25, -0.2) is 9.37 Å². The van der Waals surface area contributed by atoms with Gasteiger partial charge in [0, 0.05) is 14.1 Å². The fraction of sp³-hybridized carbons (Fsp3) is 0.143. The molecular formula is C14H13ClFN3O. The van der Waals surface area contributed by atoms with Crippen LogP contribution in [0.2, 0.25) is 5.02 Å². The van der Waals surface area contributed by atoms with Crippen LogP contribution in [0.25, 0.3) is 0 Å². The number of hydrogen-bond donors (Lipinski definition) is 1. The zero-order chi connectivity index (χ0) is 14.7. The van der Waals surface area contributed by atoms with Gasteiger partial charge in [-0.15, -0.1) is 0 Å². The summed E-state index contributed by atoms with van der Waals surface area (Å²) in [6.45, 7) is 0. The zero-order valence-electron chi connectivity index (χ0n) is 11.0. The fourth-order valence-electron chi connectivity index (χ4n) is 1.72. The lowest BCUT2D eigenvalue weighted by atomic mass is 10.2. The molecule has 0 spiro atoms. The summed E-state index contributed by atoms with van der Waals surface area (Å²) in [5.74, 6) is -0.443. The molecule has 0 saturated heterocycles. The normalized spacial score (nSPS) is 10.2. The van der Waals surface area contributed by atoms with Crippen LogP contribution in [0, 0.1) is 5.82 Å². The average Bonchev–Trinajstić information content (AvgIpc) is 2.47. The SMILES string of the molecule is CNc1ccc(Cl)c(C(=O)N(C)c2ccccc2F)n1. The maximum Gasteiger partial charge on any atom is 0.278 e. The Morgan fingerprint density at radius 3 is 2.65 bits per heavy atom. The first kappa shape index (κ1) is 14.3. The molecule has 6 heteroatoms. The van der Waals surface area contributed by atoms with E-state index in [1.807, 2.05) is 0 Å². The predicted molar refractivity (Wildman–Crippen MR) is 77.9 cm³/mol. The molecule has 0 saturated carbocycles. The first-order valence-corrected chi connectivity index (χ1v) is 6.29. The number of hydrogen-bond acceptors (Lipinski definition) is 3. The number of amides is 1. The number of carbonyl (C=O) groups excluding carboxylic acids is 1. The number of aromatic nitrogens is 1. The number of anilines is 2. The van der Waals surface area contributed by atoms with E-state index in [-0.39, 0.29) is 16.4 Å². The predicted octanol–water partition coefficient (Wildman–Crippen LogP) is 3.19. The molecule has 1 heterocycles. The van der Waals surface area contributed by atoms with E-state index in [1.54, 1.807) is 31.3 Å². The minimum absolute atomic E-state index is 0.0734. The molecule has 0 atom stereocenters. The highest BCUT2D eigenvalue weighted by Crippen LogP contribution is 2.22. The molecule has 0 aliphatic carbocycles. The summed E-state index contributed by atoms with van der Waals surface area (Å²) in [6.07, 6.45) is 0. The van der Waals surface area contributed by atoms with Crippen molar-refractivity contribution in [2.45, 2.75) is 0 Å². The van der Waals surface area contributed by atoms with E-state index >= 15 is 0 Å². The summed E-state index contributed by atoms with van der Waals surface area (Å²) in [7, 11) is 3.16. The zero-order valence-corrected chi connectivity index (χ0v) is 11.8. The summed E-state index contributed by atoms with van der Waals surface area (Å²) >= 11 is 5.99. The molecule has 2 aromatic rings. The molecule has 0 bridgehead atoms. The number of pyridine rings is 1. The highest BCUT2D eigenvalue weighted by Gasteiger charge is 2.20. The third-order valence-corrected chi connectivity index (χ3v) is 3.13. The molecule has 4 nitrogen and oxygen atoms in total. The minimum Gasteiger partial charge on any atom is -0.373 e. The molecule has 0 radical (unpaired) electrons. The van der Waals surface area contributed by atoms with Crippen molar-refractivity contribution in [1.29, 1.82) is 0 Å². The Balaban J connectivity index is 2.39. The number of para-hydroxylation sites is 1. The Morgan fingerprint density at radius 2 is 2.00 bits per heavy atom. The summed E-state index contributed by atoms with van der Waals surface area (Å²) < 4.78 is 13.7. The molecule has 1 N–H and O–H groups in total. The lowest BCUT2D eigenvalue weighted by molar-refractivity contribution is 0.0987. The van der Waals surface area contributed by atoms with E-state index in [4.69, 9.17) is 11.6 Å². The number of benzene rings is 1. The van der Waals surface area contributed by atoms with Crippen molar-refractivity contribution >= 4 is 29.0 Å². The van der Waals surface area contributed by atoms with E-state index in [0.29, 0.717) is 5.82 Å². The first-order valence-electron chi connectivity index (χ1n) is 5.91. The maximum atomic E-state index is 13.7. The summed E-state index contributed by atoms with van der Waals surface area (Å²) in [4.78, 5) is 17.7. The molecule has 1 aromatic heterocycles. The second-order valence-electron chi connectivity index (χ2n) is 4.09. The molecular weight excluding hydrogens is 281 g/mol. The van der Waals surface area contributed by atoms with Crippen molar-refractivity contribution in [1.82, 2.24) is 4.98 Å². The third-order valence-electron chi connectivity index (χ3n) is 2.82. The van der Waals surface area contributed by atoms with Gasteiger partial charge in [-0.3, -0.25) is 4.79 Å². The van der Waals surface area contributed by atoms with Gasteiger partial charge in [-0.05, 0) is 24.3 Å². The Morgan fingerprint density at radius 1 is 1.30 bits per heavy atom. The number of nitrogens with zero attached hydrogens (tertiary/aromatic N) is 2. The van der Waals surface area contributed by atoms with E-state index in [0.717, 1.165) is 0 Å². The lowest BCUT2D eigenvalue weighted by Gasteiger charge is -2.18. The van der Waals surface area contributed by atoms with Gasteiger partial charge < -0.3 is 10.2 Å². The van der Waals surface area contributed by atoms with Crippen LogP contribution in [0.4, 0.5) is 15.9 Å². The molecule has 2 rings (SSSR count). The number of nitrogens with one attached hydrogen (secondary N) is 1. The van der Waals surface area contributed by atoms with Crippen molar-refractivity contribution in [2.24, 2.45) is 0 Å². The van der Waals surface area contributed by atoms with Crippen LogP contribution in [-0.2, 0) is 0 Å². The average molecular weight is 294 g/mol. The van der Waals surface area contributed by atoms with Gasteiger partial charge in [-0.1, -0.05) is 23.7 Å². The second kappa shape index (κ2) is 5.88. The summed E-state index contributed by atoms with van der Waals surface area (Å²) in [5, 5.41) is 3.04. The lowest BCUT2D eigenvalue weighted by Crippen LogP contribution is -2.28. The van der Waals surface area contributed by atoms with Gasteiger partial charge in [-0.2, -0.15) is 0 Å². The largest absolute Gasteiger partial charge is 0.373 e. The highest BCUT2D eigenvalue weighted by atomic mass is 35.5. The van der Waals surface area contributed by atoms with Crippen LogP contribution in [-0.4, -0.2) is 25.0 Å². The van der Waals surface area contributed by atoms with E-state index in [9.17, 15) is 9.18 Å². The van der Waals surface area contributed by atoms with E-state index < -0.39 is 11.7 Å². The van der Waals surface area contributed by atoms with Crippen LogP contribution < -0.4 is 10.2 Å². The molecule has 104 valence electrons. The fourth-order valence-corrected chi connectivity index (χ4v) is 1.91. The van der Waals surface area contributed by atoms with Crippen LogP contribution in [0.5, 0.6) is 0 Å². The first-order chi connectivity index (χ1) is 9.54. The summed E-state index contributed by atoms with van der Waals surface area (Å²) in [6, 6.07) is 9.25. The highest BCUT2D eigenvalue weighted by molar-refractivity contribution is 6.34. The topological polar surface area (TPSA) is 45.2 Å².